The van der Waals surface area contributed by atoms with Gasteiger partial charge in [-0.15, -0.1) is 0 Å². The van der Waals surface area contributed by atoms with Gasteiger partial charge in [-0.2, -0.15) is 25.3 Å². The van der Waals surface area contributed by atoms with Gasteiger partial charge in [0.1, 0.15) is 10.9 Å². The van der Waals surface area contributed by atoms with E-state index in [1.54, 1.807) is 12.1 Å². The molecule has 4 unspecified atom stereocenters. The predicted octanol–water partition coefficient (Wildman–Crippen LogP) is 8.74. The van der Waals surface area contributed by atoms with Gasteiger partial charge in [-0.1, -0.05) is 82.2 Å². The fourth-order valence-electron chi connectivity index (χ4n) is 11.7. The van der Waals surface area contributed by atoms with Crippen LogP contribution in [0.1, 0.15) is 128 Å². The molecule has 0 radical (unpaired) electrons. The minimum Gasteiger partial charge on any atom is -0.480 e. The number of carboxylic acids is 1. The van der Waals surface area contributed by atoms with Gasteiger partial charge in [0, 0.05) is 65.8 Å². The SMILES string of the molecule is CCC1(C)C2=CC=CC=CC=CC3N(CCCCCC(=O)NCC(=O)NCCCCC(C(=O)O)NC(=O)CCCCCN2c2ccc4c(S(=O)(=O)O)cc(S(=O)(=O)O)cc4c21)c1ccc2c(C)cc(S(=O)(=O)O)cc2c1C3(C)CC. The van der Waals surface area contributed by atoms with Crippen molar-refractivity contribution in [3.63, 3.8) is 0 Å². The largest absolute Gasteiger partial charge is 0.480 e. The van der Waals surface area contributed by atoms with Crippen LogP contribution in [0, 0.1) is 6.92 Å². The first-order valence-electron chi connectivity index (χ1n) is 27.2. The van der Waals surface area contributed by atoms with Crippen molar-refractivity contribution < 1.29 is 63.2 Å². The van der Waals surface area contributed by atoms with Crippen LogP contribution in [0.15, 0.2) is 111 Å². The minimum atomic E-state index is -4.98. The number of rotatable bonds is 6. The highest BCUT2D eigenvalue weighted by atomic mass is 32.2. The Balaban J connectivity index is 1.25. The molecular formula is C58H73N5O14S3. The van der Waals surface area contributed by atoms with E-state index in [1.165, 1.54) is 18.2 Å². The van der Waals surface area contributed by atoms with Crippen molar-refractivity contribution in [2.24, 2.45) is 0 Å². The van der Waals surface area contributed by atoms with E-state index < -0.39 is 68.9 Å². The number of carboxylic acid groups (broad SMARTS) is 1. The number of fused-ring (bicyclic) bond motifs is 10. The molecule has 0 saturated carbocycles. The monoisotopic (exact) mass is 1160 g/mol. The van der Waals surface area contributed by atoms with Gasteiger partial charge in [-0.25, -0.2) is 4.79 Å². The highest BCUT2D eigenvalue weighted by Crippen LogP contribution is 2.54. The van der Waals surface area contributed by atoms with Gasteiger partial charge in [0.05, 0.1) is 22.4 Å². The summed E-state index contributed by atoms with van der Waals surface area (Å²) in [5.74, 6) is -2.27. The van der Waals surface area contributed by atoms with E-state index in [9.17, 15) is 63.2 Å². The zero-order valence-corrected chi connectivity index (χ0v) is 48.3. The third-order valence-corrected chi connectivity index (χ3v) is 18.7. The maximum Gasteiger partial charge on any atom is 0.326 e. The van der Waals surface area contributed by atoms with E-state index in [0.717, 1.165) is 33.8 Å². The molecule has 3 aliphatic rings. The number of aliphatic carboxylic acids is 1. The quantitative estimate of drug-likeness (QED) is 0.0888. The summed E-state index contributed by atoms with van der Waals surface area (Å²) in [5.41, 5.74) is 3.19. The summed E-state index contributed by atoms with van der Waals surface area (Å²) in [5, 5.41) is 19.8. The zero-order chi connectivity index (χ0) is 58.4. The van der Waals surface area contributed by atoms with Gasteiger partial charge in [0.25, 0.3) is 30.4 Å². The molecule has 0 fully saturated rings. The molecule has 4 atom stereocenters. The summed E-state index contributed by atoms with van der Waals surface area (Å²) in [7, 11) is -14.5. The second-order valence-electron chi connectivity index (χ2n) is 21.4. The van der Waals surface area contributed by atoms with Gasteiger partial charge in [-0.3, -0.25) is 28.0 Å². The zero-order valence-electron chi connectivity index (χ0n) is 45.8. The van der Waals surface area contributed by atoms with Crippen molar-refractivity contribution in [1.29, 1.82) is 0 Å². The van der Waals surface area contributed by atoms with Crippen molar-refractivity contribution in [3.8, 4) is 0 Å². The Kier molecular flexibility index (Phi) is 19.2. The van der Waals surface area contributed by atoms with Gasteiger partial charge >= 0.3 is 5.97 Å². The molecule has 3 aliphatic heterocycles. The first-order valence-corrected chi connectivity index (χ1v) is 31.5. The molecule has 0 aromatic heterocycles. The van der Waals surface area contributed by atoms with Gasteiger partial charge in [0.2, 0.25) is 17.7 Å². The summed E-state index contributed by atoms with van der Waals surface area (Å²) >= 11 is 0. The Labute approximate surface area is 468 Å². The number of amides is 3. The van der Waals surface area contributed by atoms with Crippen molar-refractivity contribution in [1.82, 2.24) is 16.0 Å². The fourth-order valence-corrected chi connectivity index (χ4v) is 13.6. The van der Waals surface area contributed by atoms with Crippen LogP contribution in [0.25, 0.3) is 21.5 Å². The number of aryl methyl sites for hydroxylation is 1. The second kappa shape index (κ2) is 25.2. The highest BCUT2D eigenvalue weighted by molar-refractivity contribution is 7.87. The van der Waals surface area contributed by atoms with Gasteiger partial charge in [0.15, 0.2) is 0 Å². The highest BCUT2D eigenvalue weighted by Gasteiger charge is 2.47. The lowest BCUT2D eigenvalue weighted by atomic mass is 9.74. The Morgan fingerprint density at radius 2 is 1.25 bits per heavy atom. The Morgan fingerprint density at radius 3 is 1.90 bits per heavy atom. The summed E-state index contributed by atoms with van der Waals surface area (Å²) < 4.78 is 107. The standard InChI is InChI=1S/C58H73N5O14S3/c1-6-57(4)49-22-13-9-8-10-14-23-50-58(5,7-2)55-44-35-40(79(72,73)74)36-48(80(75,76)77)42(44)27-29-47(55)63(50)32-20-12-16-25-52(65)61-45(56(67)68)21-17-18-30-59-53(66)37-60-51(64)24-15-11-19-31-62(49)46-28-26-41-38(3)33-39(78(69,70)71)34-43(41)54(46)57/h8-10,13-14,22-23,26-29,33-36,45,49H,6-7,11-12,15-21,24-25,30-32,37H2,1-5H3,(H,59,66)(H,60,64)(H,61,65)(H,67,68)(H,69,70,71)(H,72,73,74)(H,75,76,77). The number of nitrogens with zero attached hydrogens (tertiary/aromatic N) is 2. The lowest BCUT2D eigenvalue weighted by molar-refractivity contribution is -0.142. The minimum absolute atomic E-state index is 0.0559. The number of hydrogen-bond acceptors (Lipinski definition) is 12. The summed E-state index contributed by atoms with van der Waals surface area (Å²) in [6, 6.07) is 10.9. The lowest BCUT2D eigenvalue weighted by Gasteiger charge is -2.35. The van der Waals surface area contributed by atoms with E-state index in [0.29, 0.717) is 94.1 Å². The van der Waals surface area contributed by atoms with E-state index in [2.05, 4.69) is 51.7 Å². The summed E-state index contributed by atoms with van der Waals surface area (Å²) in [4.78, 5) is 53.3. The molecule has 4 aromatic rings. The topological polar surface area (TPSA) is 294 Å². The first-order chi connectivity index (χ1) is 37.7. The number of nitrogens with one attached hydrogen (secondary N) is 3. The number of hydrogen-bond donors (Lipinski definition) is 7. The van der Waals surface area contributed by atoms with Crippen LogP contribution >= 0.6 is 0 Å². The van der Waals surface area contributed by atoms with Crippen LogP contribution in [0.2, 0.25) is 0 Å². The molecule has 22 heteroatoms. The molecular weight excluding hydrogens is 1090 g/mol. The molecule has 0 aliphatic carbocycles. The third-order valence-electron chi connectivity index (χ3n) is 16.1. The second-order valence-corrected chi connectivity index (χ2v) is 25.6. The molecule has 3 amide bonds. The van der Waals surface area contributed by atoms with Crippen LogP contribution in [0.5, 0.6) is 0 Å². The van der Waals surface area contributed by atoms with Crippen LogP contribution in [-0.2, 0) is 60.4 Å². The van der Waals surface area contributed by atoms with Gasteiger partial charge in [-0.05, 0) is 147 Å². The Morgan fingerprint density at radius 1 is 0.637 bits per heavy atom. The molecule has 19 nitrogen and oxygen atoms in total. The number of carbonyl (C=O) groups is 4. The van der Waals surface area contributed by atoms with E-state index in [-0.39, 0.29) is 65.9 Å². The molecule has 7 rings (SSSR count). The smallest absolute Gasteiger partial charge is 0.326 e. The molecule has 4 aromatic carbocycles. The molecule has 7 N–H and O–H groups in total. The van der Waals surface area contributed by atoms with E-state index >= 15 is 0 Å². The third kappa shape index (κ3) is 13.5. The van der Waals surface area contributed by atoms with Crippen molar-refractivity contribution >= 4 is 87.0 Å². The summed E-state index contributed by atoms with van der Waals surface area (Å²) in [6.07, 6.45) is 19.3. The molecule has 0 saturated heterocycles. The van der Waals surface area contributed by atoms with E-state index in [1.807, 2.05) is 63.3 Å². The molecule has 0 bridgehead atoms. The predicted molar refractivity (Wildman–Crippen MR) is 308 cm³/mol. The first kappa shape index (κ1) is 61.2. The Hall–Kier alpha value is -6.43. The average Bonchev–Trinajstić information content (AvgIpc) is 3.83. The maximum atomic E-state index is 13.0. The maximum absolute atomic E-state index is 13.0. The number of allylic oxidation sites excluding steroid dienone is 7. The van der Waals surface area contributed by atoms with Crippen LogP contribution in [-0.4, -0.2) is 106 Å². The number of benzene rings is 4. The molecule has 0 spiro atoms. The molecule has 432 valence electrons. The fraction of sp³-hybridized carbons (Fsp3) is 0.448. The number of anilines is 2. The molecule has 80 heavy (non-hydrogen) atoms. The normalized spacial score (nSPS) is 23.1. The van der Waals surface area contributed by atoms with Crippen LogP contribution < -0.4 is 25.8 Å². The summed E-state index contributed by atoms with van der Waals surface area (Å²) in [6.45, 7) is 11.0. The average molecular weight is 1160 g/mol. The van der Waals surface area contributed by atoms with Crippen molar-refractivity contribution in [2.45, 2.75) is 156 Å². The Bertz CT molecular complexity index is 3540. The molecule has 3 heterocycles. The lowest BCUT2D eigenvalue weighted by Crippen LogP contribution is -2.42. The van der Waals surface area contributed by atoms with Crippen LogP contribution in [0.3, 0.4) is 0 Å². The van der Waals surface area contributed by atoms with Crippen molar-refractivity contribution in [3.05, 3.63) is 113 Å². The van der Waals surface area contributed by atoms with Crippen molar-refractivity contribution in [2.75, 3.05) is 36.0 Å². The van der Waals surface area contributed by atoms with E-state index in [4.69, 9.17) is 0 Å². The van der Waals surface area contributed by atoms with Gasteiger partial charge < -0.3 is 30.9 Å². The van der Waals surface area contributed by atoms with Crippen LogP contribution in [0.4, 0.5) is 11.4 Å². The number of carbonyl (C=O) groups excluding carboxylic acids is 3.